The number of aryl methyl sites for hydroxylation is 1. The second-order valence-electron chi connectivity index (χ2n) is 6.96. The van der Waals surface area contributed by atoms with Gasteiger partial charge in [-0.3, -0.25) is 9.59 Å². The standard InChI is InChI=1S/C21H27N3O3/c1-16-7-6-10-20(25)23(16)12-11-21(26)24-14-13-22(15-17(24)2)18-8-4-5-9-19(18)27-3/h4-10,17H,11-15H2,1-3H3. The lowest BCUT2D eigenvalue weighted by Crippen LogP contribution is -2.54. The molecule has 0 N–H and O–H groups in total. The fourth-order valence-corrected chi connectivity index (χ4v) is 3.70. The maximum Gasteiger partial charge on any atom is 0.250 e. The molecule has 2 heterocycles. The Morgan fingerprint density at radius 2 is 1.93 bits per heavy atom. The molecule has 144 valence electrons. The lowest BCUT2D eigenvalue weighted by molar-refractivity contribution is -0.133. The van der Waals surface area contributed by atoms with Crippen LogP contribution in [0.4, 0.5) is 5.69 Å². The summed E-state index contributed by atoms with van der Waals surface area (Å²) in [7, 11) is 1.68. The van der Waals surface area contributed by atoms with Crippen molar-refractivity contribution in [2.75, 3.05) is 31.6 Å². The van der Waals surface area contributed by atoms with Crippen molar-refractivity contribution in [1.29, 1.82) is 0 Å². The van der Waals surface area contributed by atoms with E-state index in [0.29, 0.717) is 19.5 Å². The predicted octanol–water partition coefficient (Wildman–Crippen LogP) is 2.29. The zero-order chi connectivity index (χ0) is 19.4. The molecule has 6 nitrogen and oxygen atoms in total. The van der Waals surface area contributed by atoms with Gasteiger partial charge in [-0.1, -0.05) is 18.2 Å². The van der Waals surface area contributed by atoms with Crippen molar-refractivity contribution >= 4 is 11.6 Å². The van der Waals surface area contributed by atoms with Crippen LogP contribution in [0.25, 0.3) is 0 Å². The van der Waals surface area contributed by atoms with E-state index in [1.165, 1.54) is 6.07 Å². The molecule has 0 saturated carbocycles. The van der Waals surface area contributed by atoms with E-state index in [2.05, 4.69) is 11.8 Å². The van der Waals surface area contributed by atoms with Gasteiger partial charge >= 0.3 is 0 Å². The van der Waals surface area contributed by atoms with E-state index >= 15 is 0 Å². The van der Waals surface area contributed by atoms with Crippen molar-refractivity contribution in [3.05, 3.63) is 58.5 Å². The van der Waals surface area contributed by atoms with Crippen LogP contribution in [0, 0.1) is 6.92 Å². The van der Waals surface area contributed by atoms with E-state index in [1.807, 2.05) is 42.2 Å². The number of carbonyl (C=O) groups is 1. The average molecular weight is 369 g/mol. The van der Waals surface area contributed by atoms with E-state index in [4.69, 9.17) is 4.74 Å². The highest BCUT2D eigenvalue weighted by Gasteiger charge is 2.28. The van der Waals surface area contributed by atoms with Gasteiger partial charge in [0.05, 0.1) is 12.8 Å². The molecule has 1 aromatic carbocycles. The molecule has 1 unspecified atom stereocenters. The molecule has 0 bridgehead atoms. The Morgan fingerprint density at radius 3 is 2.63 bits per heavy atom. The highest BCUT2D eigenvalue weighted by Crippen LogP contribution is 2.29. The van der Waals surface area contributed by atoms with Crippen molar-refractivity contribution in [2.24, 2.45) is 0 Å². The Morgan fingerprint density at radius 1 is 1.15 bits per heavy atom. The van der Waals surface area contributed by atoms with Crippen LogP contribution >= 0.6 is 0 Å². The molecule has 27 heavy (non-hydrogen) atoms. The van der Waals surface area contributed by atoms with Crippen molar-refractivity contribution in [2.45, 2.75) is 32.9 Å². The first kappa shape index (κ1) is 19.0. The minimum Gasteiger partial charge on any atom is -0.495 e. The fraction of sp³-hybridized carbons (Fsp3) is 0.429. The molecular weight excluding hydrogens is 342 g/mol. The minimum absolute atomic E-state index is 0.0585. The summed E-state index contributed by atoms with van der Waals surface area (Å²) in [6.07, 6.45) is 0.337. The number of methoxy groups -OCH3 is 1. The smallest absolute Gasteiger partial charge is 0.250 e. The van der Waals surface area contributed by atoms with Crippen molar-refractivity contribution in [3.8, 4) is 5.75 Å². The number of carbonyl (C=O) groups excluding carboxylic acids is 1. The first-order valence-corrected chi connectivity index (χ1v) is 9.35. The van der Waals surface area contributed by atoms with Crippen LogP contribution in [0.5, 0.6) is 5.75 Å². The van der Waals surface area contributed by atoms with Gasteiger partial charge in [-0.05, 0) is 32.0 Å². The van der Waals surface area contributed by atoms with Crippen LogP contribution in [0.15, 0.2) is 47.3 Å². The molecule has 3 rings (SSSR count). The highest BCUT2D eigenvalue weighted by molar-refractivity contribution is 5.77. The highest BCUT2D eigenvalue weighted by atomic mass is 16.5. The molecular formula is C21H27N3O3. The zero-order valence-corrected chi connectivity index (χ0v) is 16.2. The quantitative estimate of drug-likeness (QED) is 0.812. The van der Waals surface area contributed by atoms with Crippen LogP contribution in [-0.4, -0.2) is 48.2 Å². The number of piperazine rings is 1. The van der Waals surface area contributed by atoms with Gasteiger partial charge in [-0.25, -0.2) is 0 Å². The third-order valence-electron chi connectivity index (χ3n) is 5.19. The van der Waals surface area contributed by atoms with Crippen molar-refractivity contribution < 1.29 is 9.53 Å². The Hall–Kier alpha value is -2.76. The zero-order valence-electron chi connectivity index (χ0n) is 16.2. The number of rotatable bonds is 5. The van der Waals surface area contributed by atoms with Crippen LogP contribution in [0.2, 0.25) is 0 Å². The van der Waals surface area contributed by atoms with Gasteiger partial charge in [0.15, 0.2) is 0 Å². The average Bonchev–Trinajstić information content (AvgIpc) is 2.67. The fourth-order valence-electron chi connectivity index (χ4n) is 3.70. The summed E-state index contributed by atoms with van der Waals surface area (Å²) in [4.78, 5) is 28.9. The minimum atomic E-state index is -0.0585. The number of benzene rings is 1. The van der Waals surface area contributed by atoms with Gasteiger partial charge in [-0.2, -0.15) is 0 Å². The Labute approximate surface area is 160 Å². The molecule has 1 atom stereocenters. The van der Waals surface area contributed by atoms with E-state index in [9.17, 15) is 9.59 Å². The normalized spacial score (nSPS) is 17.1. The number of nitrogens with zero attached hydrogens (tertiary/aromatic N) is 3. The lowest BCUT2D eigenvalue weighted by atomic mass is 10.1. The molecule has 0 spiro atoms. The number of anilines is 1. The van der Waals surface area contributed by atoms with Crippen molar-refractivity contribution in [3.63, 3.8) is 0 Å². The van der Waals surface area contributed by atoms with Gasteiger partial charge in [0.25, 0.3) is 5.56 Å². The van der Waals surface area contributed by atoms with E-state index in [0.717, 1.165) is 30.2 Å². The largest absolute Gasteiger partial charge is 0.495 e. The van der Waals surface area contributed by atoms with Gasteiger partial charge in [-0.15, -0.1) is 0 Å². The third kappa shape index (κ3) is 4.15. The molecule has 0 radical (unpaired) electrons. The Kier molecular flexibility index (Phi) is 5.84. The molecule has 2 aromatic rings. The summed E-state index contributed by atoms with van der Waals surface area (Å²) in [5.74, 6) is 0.945. The monoisotopic (exact) mass is 369 g/mol. The van der Waals surface area contributed by atoms with Gasteiger partial charge in [0, 0.05) is 50.4 Å². The number of para-hydroxylation sites is 2. The number of hydrogen-bond acceptors (Lipinski definition) is 4. The van der Waals surface area contributed by atoms with Gasteiger partial charge in [0.2, 0.25) is 5.91 Å². The summed E-state index contributed by atoms with van der Waals surface area (Å²) < 4.78 is 7.12. The first-order valence-electron chi connectivity index (χ1n) is 9.35. The maximum atomic E-state index is 12.7. The molecule has 1 fully saturated rings. The number of amides is 1. The molecule has 1 aromatic heterocycles. The summed E-state index contributed by atoms with van der Waals surface area (Å²) in [5.41, 5.74) is 1.88. The van der Waals surface area contributed by atoms with Gasteiger partial charge < -0.3 is 19.1 Å². The Balaban J connectivity index is 1.62. The summed E-state index contributed by atoms with van der Waals surface area (Å²) in [5, 5.41) is 0. The molecule has 6 heteroatoms. The Bertz CT molecular complexity index is 862. The predicted molar refractivity (Wildman–Crippen MR) is 106 cm³/mol. The second kappa shape index (κ2) is 8.29. The van der Waals surface area contributed by atoms with Crippen LogP contribution in [0.3, 0.4) is 0 Å². The molecule has 1 aliphatic heterocycles. The number of pyridine rings is 1. The number of ether oxygens (including phenoxy) is 1. The first-order chi connectivity index (χ1) is 13.0. The van der Waals surface area contributed by atoms with Crippen LogP contribution in [-0.2, 0) is 11.3 Å². The number of hydrogen-bond donors (Lipinski definition) is 0. The second-order valence-corrected chi connectivity index (χ2v) is 6.96. The van der Waals surface area contributed by atoms with Crippen LogP contribution in [0.1, 0.15) is 19.0 Å². The molecule has 0 aliphatic carbocycles. The van der Waals surface area contributed by atoms with Crippen LogP contribution < -0.4 is 15.2 Å². The topological polar surface area (TPSA) is 54.8 Å². The lowest BCUT2D eigenvalue weighted by Gasteiger charge is -2.41. The van der Waals surface area contributed by atoms with E-state index < -0.39 is 0 Å². The third-order valence-corrected chi connectivity index (χ3v) is 5.19. The summed E-state index contributed by atoms with van der Waals surface area (Å²) >= 11 is 0. The molecule has 1 aliphatic rings. The summed E-state index contributed by atoms with van der Waals surface area (Å²) in [6.45, 7) is 6.57. The molecule has 1 saturated heterocycles. The number of aromatic nitrogens is 1. The van der Waals surface area contributed by atoms with E-state index in [1.54, 1.807) is 17.7 Å². The molecule has 1 amide bonds. The van der Waals surface area contributed by atoms with E-state index in [-0.39, 0.29) is 17.5 Å². The van der Waals surface area contributed by atoms with Gasteiger partial charge in [0.1, 0.15) is 5.75 Å². The van der Waals surface area contributed by atoms with Crippen molar-refractivity contribution in [1.82, 2.24) is 9.47 Å². The SMILES string of the molecule is COc1ccccc1N1CCN(C(=O)CCn2c(C)cccc2=O)C(C)C1. The maximum absolute atomic E-state index is 12.7. The summed E-state index contributed by atoms with van der Waals surface area (Å²) in [6, 6.07) is 13.2.